The van der Waals surface area contributed by atoms with Gasteiger partial charge in [0.2, 0.25) is 0 Å². The van der Waals surface area contributed by atoms with Gasteiger partial charge in [-0.15, -0.1) is 0 Å². The van der Waals surface area contributed by atoms with Crippen LogP contribution in [0.4, 0.5) is 0 Å². The second kappa shape index (κ2) is 5.83. The van der Waals surface area contributed by atoms with Crippen molar-refractivity contribution >= 4 is 17.5 Å². The number of halogens is 1. The maximum atomic E-state index is 12.5. The van der Waals surface area contributed by atoms with Crippen molar-refractivity contribution in [1.29, 1.82) is 0 Å². The molecule has 1 aromatic carbocycles. The fourth-order valence-corrected chi connectivity index (χ4v) is 2.44. The fraction of sp³-hybridized carbons (Fsp3) is 0.533. The quantitative estimate of drug-likeness (QED) is 0.848. The van der Waals surface area contributed by atoms with E-state index < -0.39 is 5.60 Å². The van der Waals surface area contributed by atoms with E-state index in [1.54, 1.807) is 24.3 Å². The lowest BCUT2D eigenvalue weighted by Gasteiger charge is -2.34. The molecule has 104 valence electrons. The lowest BCUT2D eigenvalue weighted by atomic mass is 10.0. The van der Waals surface area contributed by atoms with Gasteiger partial charge in [-0.25, -0.2) is 0 Å². The SMILES string of the molecule is CC(C)(Oc1ccc(Cl)cc1)C(=O)N1CCCCC1. The molecule has 2 rings (SSSR count). The Morgan fingerprint density at radius 2 is 1.74 bits per heavy atom. The van der Waals surface area contributed by atoms with Crippen molar-refractivity contribution < 1.29 is 9.53 Å². The highest BCUT2D eigenvalue weighted by atomic mass is 35.5. The topological polar surface area (TPSA) is 29.5 Å². The first-order valence-corrected chi connectivity index (χ1v) is 7.11. The number of rotatable bonds is 3. The number of hydrogen-bond donors (Lipinski definition) is 0. The van der Waals surface area contributed by atoms with Crippen molar-refractivity contribution in [3.05, 3.63) is 29.3 Å². The molecule has 0 radical (unpaired) electrons. The molecule has 1 aromatic rings. The number of carbonyl (C=O) groups excluding carboxylic acids is 1. The molecule has 0 unspecified atom stereocenters. The zero-order valence-electron chi connectivity index (χ0n) is 11.5. The minimum absolute atomic E-state index is 0.0575. The van der Waals surface area contributed by atoms with E-state index in [2.05, 4.69) is 0 Å². The van der Waals surface area contributed by atoms with Gasteiger partial charge >= 0.3 is 0 Å². The van der Waals surface area contributed by atoms with Gasteiger partial charge in [0.15, 0.2) is 5.60 Å². The van der Waals surface area contributed by atoms with E-state index in [4.69, 9.17) is 16.3 Å². The summed E-state index contributed by atoms with van der Waals surface area (Å²) in [6, 6.07) is 7.10. The maximum Gasteiger partial charge on any atom is 0.266 e. The number of nitrogens with zero attached hydrogens (tertiary/aromatic N) is 1. The van der Waals surface area contributed by atoms with Crippen LogP contribution in [0.25, 0.3) is 0 Å². The number of likely N-dealkylation sites (tertiary alicyclic amines) is 1. The molecule has 0 saturated carbocycles. The number of carbonyl (C=O) groups is 1. The summed E-state index contributed by atoms with van der Waals surface area (Å²) < 4.78 is 5.82. The maximum absolute atomic E-state index is 12.5. The summed E-state index contributed by atoms with van der Waals surface area (Å²) >= 11 is 5.84. The summed E-state index contributed by atoms with van der Waals surface area (Å²) in [4.78, 5) is 14.4. The Hall–Kier alpha value is -1.22. The van der Waals surface area contributed by atoms with Crippen LogP contribution < -0.4 is 4.74 Å². The third kappa shape index (κ3) is 3.63. The van der Waals surface area contributed by atoms with E-state index in [9.17, 15) is 4.79 Å². The van der Waals surface area contributed by atoms with Crippen LogP contribution in [0.15, 0.2) is 24.3 Å². The molecule has 4 heteroatoms. The van der Waals surface area contributed by atoms with E-state index in [1.165, 1.54) is 6.42 Å². The molecule has 0 bridgehead atoms. The molecule has 0 aromatic heterocycles. The lowest BCUT2D eigenvalue weighted by Crippen LogP contribution is -2.50. The van der Waals surface area contributed by atoms with E-state index in [0.29, 0.717) is 10.8 Å². The Kier molecular flexibility index (Phi) is 4.35. The molecular formula is C15H20ClNO2. The van der Waals surface area contributed by atoms with Gasteiger partial charge in [-0.3, -0.25) is 4.79 Å². The normalized spacial score (nSPS) is 16.3. The first-order chi connectivity index (χ1) is 8.99. The highest BCUT2D eigenvalue weighted by Gasteiger charge is 2.34. The van der Waals surface area contributed by atoms with E-state index >= 15 is 0 Å². The van der Waals surface area contributed by atoms with Gasteiger partial charge in [0.1, 0.15) is 5.75 Å². The van der Waals surface area contributed by atoms with Gasteiger partial charge in [-0.1, -0.05) is 11.6 Å². The summed E-state index contributed by atoms with van der Waals surface area (Å²) in [6.45, 7) is 5.32. The zero-order valence-corrected chi connectivity index (χ0v) is 12.2. The summed E-state index contributed by atoms with van der Waals surface area (Å²) in [6.07, 6.45) is 3.38. The second-order valence-electron chi connectivity index (χ2n) is 5.42. The zero-order chi connectivity index (χ0) is 13.9. The minimum Gasteiger partial charge on any atom is -0.478 e. The van der Waals surface area contributed by atoms with Crippen LogP contribution in [0, 0.1) is 0 Å². The van der Waals surface area contributed by atoms with E-state index in [0.717, 1.165) is 25.9 Å². The van der Waals surface area contributed by atoms with Crippen LogP contribution in [0.3, 0.4) is 0 Å². The number of ether oxygens (including phenoxy) is 1. The van der Waals surface area contributed by atoms with Gasteiger partial charge in [-0.05, 0) is 57.4 Å². The molecule has 1 saturated heterocycles. The van der Waals surface area contributed by atoms with Crippen molar-refractivity contribution in [3.63, 3.8) is 0 Å². The van der Waals surface area contributed by atoms with Crippen LogP contribution in [0.1, 0.15) is 33.1 Å². The summed E-state index contributed by atoms with van der Waals surface area (Å²) in [7, 11) is 0. The molecular weight excluding hydrogens is 262 g/mol. The van der Waals surface area contributed by atoms with Gasteiger partial charge in [0.05, 0.1) is 0 Å². The number of benzene rings is 1. The highest BCUT2D eigenvalue weighted by molar-refractivity contribution is 6.30. The van der Waals surface area contributed by atoms with Crippen molar-refractivity contribution in [2.24, 2.45) is 0 Å². The minimum atomic E-state index is -0.842. The first-order valence-electron chi connectivity index (χ1n) is 6.73. The van der Waals surface area contributed by atoms with Crippen LogP contribution in [0.5, 0.6) is 5.75 Å². The van der Waals surface area contributed by atoms with Crippen LogP contribution in [-0.4, -0.2) is 29.5 Å². The Labute approximate surface area is 119 Å². The highest BCUT2D eigenvalue weighted by Crippen LogP contribution is 2.23. The molecule has 1 aliphatic heterocycles. The van der Waals surface area contributed by atoms with Crippen LogP contribution >= 0.6 is 11.6 Å². The van der Waals surface area contributed by atoms with Crippen LogP contribution in [-0.2, 0) is 4.79 Å². The van der Waals surface area contributed by atoms with Crippen LogP contribution in [0.2, 0.25) is 5.02 Å². The lowest BCUT2D eigenvalue weighted by molar-refractivity contribution is -0.146. The average molecular weight is 282 g/mol. The molecule has 3 nitrogen and oxygen atoms in total. The third-order valence-corrected chi connectivity index (χ3v) is 3.60. The largest absolute Gasteiger partial charge is 0.478 e. The summed E-state index contributed by atoms with van der Waals surface area (Å²) in [5.41, 5.74) is -0.842. The summed E-state index contributed by atoms with van der Waals surface area (Å²) in [5.74, 6) is 0.724. The van der Waals surface area contributed by atoms with Gasteiger partial charge < -0.3 is 9.64 Å². The first kappa shape index (κ1) is 14.2. The van der Waals surface area contributed by atoms with Crippen molar-refractivity contribution in [3.8, 4) is 5.75 Å². The van der Waals surface area contributed by atoms with Crippen molar-refractivity contribution in [2.75, 3.05) is 13.1 Å². The Balaban J connectivity index is 2.04. The second-order valence-corrected chi connectivity index (χ2v) is 5.86. The van der Waals surface area contributed by atoms with Gasteiger partial charge in [0, 0.05) is 18.1 Å². The van der Waals surface area contributed by atoms with E-state index in [1.807, 2.05) is 18.7 Å². The number of hydrogen-bond acceptors (Lipinski definition) is 2. The molecule has 0 spiro atoms. The van der Waals surface area contributed by atoms with Gasteiger partial charge in [-0.2, -0.15) is 0 Å². The van der Waals surface area contributed by atoms with Crippen molar-refractivity contribution in [2.45, 2.75) is 38.7 Å². The standard InChI is InChI=1S/C15H20ClNO2/c1-15(2,14(18)17-10-4-3-5-11-17)19-13-8-6-12(16)7-9-13/h6-9H,3-5,10-11H2,1-2H3. The Morgan fingerprint density at radius 1 is 1.16 bits per heavy atom. The predicted molar refractivity (Wildman–Crippen MR) is 76.6 cm³/mol. The smallest absolute Gasteiger partial charge is 0.266 e. The molecule has 1 fully saturated rings. The van der Waals surface area contributed by atoms with Crippen molar-refractivity contribution in [1.82, 2.24) is 4.90 Å². The monoisotopic (exact) mass is 281 g/mol. The summed E-state index contributed by atoms with van der Waals surface area (Å²) in [5, 5.41) is 0.660. The predicted octanol–water partition coefficient (Wildman–Crippen LogP) is 3.51. The van der Waals surface area contributed by atoms with Gasteiger partial charge in [0.25, 0.3) is 5.91 Å². The Bertz CT molecular complexity index is 436. The molecule has 0 N–H and O–H groups in total. The number of amides is 1. The fourth-order valence-electron chi connectivity index (χ4n) is 2.32. The molecule has 0 aliphatic carbocycles. The third-order valence-electron chi connectivity index (χ3n) is 3.34. The molecule has 1 amide bonds. The average Bonchev–Trinajstić information content (AvgIpc) is 2.41. The number of piperidine rings is 1. The molecule has 19 heavy (non-hydrogen) atoms. The molecule has 1 aliphatic rings. The Morgan fingerprint density at radius 3 is 2.32 bits per heavy atom. The molecule has 1 heterocycles. The van der Waals surface area contributed by atoms with E-state index in [-0.39, 0.29) is 5.91 Å². The molecule has 0 atom stereocenters.